The highest BCUT2D eigenvalue weighted by Crippen LogP contribution is 2.32. The third-order valence-corrected chi connectivity index (χ3v) is 5.58. The fourth-order valence-corrected chi connectivity index (χ4v) is 3.82. The average molecular weight is 325 g/mol. The van der Waals surface area contributed by atoms with E-state index in [9.17, 15) is 8.42 Å². The number of nitrogens with zero attached hydrogens (tertiary/aromatic N) is 1. The summed E-state index contributed by atoms with van der Waals surface area (Å²) in [5, 5.41) is 0.530. The lowest BCUT2D eigenvalue weighted by atomic mass is 9.90. The molecule has 0 radical (unpaired) electrons. The Balaban J connectivity index is 0.00000180. The van der Waals surface area contributed by atoms with Crippen LogP contribution in [0.1, 0.15) is 13.3 Å². The number of rotatable bonds is 3. The summed E-state index contributed by atoms with van der Waals surface area (Å²) < 4.78 is 26.3. The van der Waals surface area contributed by atoms with Crippen LogP contribution in [-0.4, -0.2) is 32.4 Å². The van der Waals surface area contributed by atoms with E-state index in [1.807, 2.05) is 6.92 Å². The van der Waals surface area contributed by atoms with E-state index in [1.165, 1.54) is 16.4 Å². The predicted octanol–water partition coefficient (Wildman–Crippen LogP) is 2.12. The molecular weight excluding hydrogens is 307 g/mol. The fourth-order valence-electron chi connectivity index (χ4n) is 2.11. The zero-order valence-corrected chi connectivity index (χ0v) is 13.1. The van der Waals surface area contributed by atoms with Crippen LogP contribution in [0, 0.1) is 5.41 Å². The molecule has 1 atom stereocenters. The number of nitrogens with two attached hydrogens (primary N) is 1. The lowest BCUT2D eigenvalue weighted by Gasteiger charge is -2.22. The van der Waals surface area contributed by atoms with Gasteiger partial charge in [0.2, 0.25) is 10.0 Å². The molecule has 1 fully saturated rings. The Kier molecular flexibility index (Phi) is 5.26. The standard InChI is InChI=1S/C12H17ClN2O2S.ClH/c1-12(8-14)6-7-15(9-12)18(16,17)11-4-2-10(13)3-5-11;/h2-5H,6-9,14H2,1H3;1H. The minimum Gasteiger partial charge on any atom is -0.330 e. The van der Waals surface area contributed by atoms with Crippen molar-refractivity contribution in [2.45, 2.75) is 18.2 Å². The lowest BCUT2D eigenvalue weighted by Crippen LogP contribution is -2.34. The molecule has 19 heavy (non-hydrogen) atoms. The summed E-state index contributed by atoms with van der Waals surface area (Å²) in [6, 6.07) is 6.25. The van der Waals surface area contributed by atoms with Crippen LogP contribution in [0.25, 0.3) is 0 Å². The summed E-state index contributed by atoms with van der Waals surface area (Å²) >= 11 is 5.76. The molecule has 108 valence electrons. The van der Waals surface area contributed by atoms with Crippen molar-refractivity contribution in [3.8, 4) is 0 Å². The van der Waals surface area contributed by atoms with Gasteiger partial charge in [0.05, 0.1) is 4.90 Å². The molecule has 1 aromatic rings. The summed E-state index contributed by atoms with van der Waals surface area (Å²) in [6.07, 6.45) is 0.802. The van der Waals surface area contributed by atoms with E-state index in [2.05, 4.69) is 0 Å². The van der Waals surface area contributed by atoms with Gasteiger partial charge in [-0.3, -0.25) is 0 Å². The summed E-state index contributed by atoms with van der Waals surface area (Å²) in [4.78, 5) is 0.285. The minimum absolute atomic E-state index is 0. The Hall–Kier alpha value is -0.330. The van der Waals surface area contributed by atoms with Gasteiger partial charge in [0, 0.05) is 18.1 Å². The van der Waals surface area contributed by atoms with E-state index in [0.717, 1.165) is 6.42 Å². The van der Waals surface area contributed by atoms with Gasteiger partial charge in [0.25, 0.3) is 0 Å². The van der Waals surface area contributed by atoms with Crippen LogP contribution in [0.4, 0.5) is 0 Å². The molecule has 1 aliphatic heterocycles. The van der Waals surface area contributed by atoms with Gasteiger partial charge in [-0.15, -0.1) is 12.4 Å². The van der Waals surface area contributed by atoms with Gasteiger partial charge >= 0.3 is 0 Å². The predicted molar refractivity (Wildman–Crippen MR) is 79.2 cm³/mol. The number of halogens is 2. The minimum atomic E-state index is -3.42. The first-order chi connectivity index (χ1) is 8.37. The molecule has 0 spiro atoms. The van der Waals surface area contributed by atoms with Crippen molar-refractivity contribution in [1.82, 2.24) is 4.31 Å². The van der Waals surface area contributed by atoms with E-state index in [-0.39, 0.29) is 22.7 Å². The molecule has 2 rings (SSSR count). The van der Waals surface area contributed by atoms with Gasteiger partial charge in [-0.05, 0) is 42.6 Å². The summed E-state index contributed by atoms with van der Waals surface area (Å²) in [5.41, 5.74) is 5.58. The molecule has 1 unspecified atom stereocenters. The third kappa shape index (κ3) is 3.41. The van der Waals surface area contributed by atoms with Gasteiger partial charge in [-0.1, -0.05) is 18.5 Å². The Bertz CT molecular complexity index is 533. The van der Waals surface area contributed by atoms with Crippen LogP contribution in [0.3, 0.4) is 0 Å². The van der Waals surface area contributed by atoms with Crippen molar-refractivity contribution in [3.63, 3.8) is 0 Å². The van der Waals surface area contributed by atoms with Gasteiger partial charge in [0.15, 0.2) is 0 Å². The molecule has 0 aliphatic carbocycles. The summed E-state index contributed by atoms with van der Waals surface area (Å²) in [6.45, 7) is 3.52. The molecule has 1 aliphatic rings. The zero-order chi connectivity index (χ0) is 13.4. The molecule has 2 N–H and O–H groups in total. The smallest absolute Gasteiger partial charge is 0.243 e. The van der Waals surface area contributed by atoms with Crippen molar-refractivity contribution in [3.05, 3.63) is 29.3 Å². The first-order valence-corrected chi connectivity index (χ1v) is 7.65. The van der Waals surface area contributed by atoms with Crippen molar-refractivity contribution in [1.29, 1.82) is 0 Å². The summed E-state index contributed by atoms with van der Waals surface area (Å²) in [5.74, 6) is 0. The summed E-state index contributed by atoms with van der Waals surface area (Å²) in [7, 11) is -3.42. The maximum absolute atomic E-state index is 12.4. The quantitative estimate of drug-likeness (QED) is 0.926. The Labute approximate surface area is 125 Å². The highest BCUT2D eigenvalue weighted by Gasteiger charge is 2.38. The fraction of sp³-hybridized carbons (Fsp3) is 0.500. The van der Waals surface area contributed by atoms with Crippen molar-refractivity contribution >= 4 is 34.0 Å². The molecular formula is C12H18Cl2N2O2S. The molecule has 0 amide bonds. The van der Waals surface area contributed by atoms with Crippen LogP contribution in [0.5, 0.6) is 0 Å². The van der Waals surface area contributed by atoms with Gasteiger partial charge in [-0.25, -0.2) is 8.42 Å². The van der Waals surface area contributed by atoms with E-state index < -0.39 is 10.0 Å². The van der Waals surface area contributed by atoms with Crippen LogP contribution < -0.4 is 5.73 Å². The van der Waals surface area contributed by atoms with Gasteiger partial charge < -0.3 is 5.73 Å². The highest BCUT2D eigenvalue weighted by atomic mass is 35.5. The first kappa shape index (κ1) is 16.7. The largest absolute Gasteiger partial charge is 0.330 e. The van der Waals surface area contributed by atoms with Crippen molar-refractivity contribution in [2.24, 2.45) is 11.1 Å². The first-order valence-electron chi connectivity index (χ1n) is 5.83. The second-order valence-corrected chi connectivity index (χ2v) is 7.43. The van der Waals surface area contributed by atoms with E-state index in [4.69, 9.17) is 17.3 Å². The number of hydrogen-bond donors (Lipinski definition) is 1. The SMILES string of the molecule is CC1(CN)CCN(S(=O)(=O)c2ccc(Cl)cc2)C1.Cl. The molecule has 1 saturated heterocycles. The third-order valence-electron chi connectivity index (χ3n) is 3.47. The Morgan fingerprint density at radius 1 is 1.37 bits per heavy atom. The monoisotopic (exact) mass is 324 g/mol. The maximum atomic E-state index is 12.4. The molecule has 0 bridgehead atoms. The average Bonchev–Trinajstić information content (AvgIpc) is 2.74. The van der Waals surface area contributed by atoms with Crippen molar-refractivity contribution < 1.29 is 8.42 Å². The highest BCUT2D eigenvalue weighted by molar-refractivity contribution is 7.89. The Morgan fingerprint density at radius 3 is 2.42 bits per heavy atom. The lowest BCUT2D eigenvalue weighted by molar-refractivity contribution is 0.349. The topological polar surface area (TPSA) is 63.4 Å². The van der Waals surface area contributed by atoms with E-state index in [0.29, 0.717) is 24.7 Å². The molecule has 0 saturated carbocycles. The second kappa shape index (κ2) is 5.97. The van der Waals surface area contributed by atoms with Crippen molar-refractivity contribution in [2.75, 3.05) is 19.6 Å². The molecule has 4 nitrogen and oxygen atoms in total. The molecule has 1 aromatic carbocycles. The van der Waals surface area contributed by atoms with Gasteiger partial charge in [0.1, 0.15) is 0 Å². The second-order valence-electron chi connectivity index (χ2n) is 5.06. The Morgan fingerprint density at radius 2 is 1.95 bits per heavy atom. The van der Waals surface area contributed by atoms with Crippen LogP contribution in [0.15, 0.2) is 29.2 Å². The number of benzene rings is 1. The normalized spacial score (nSPS) is 24.2. The maximum Gasteiger partial charge on any atom is 0.243 e. The zero-order valence-electron chi connectivity index (χ0n) is 10.7. The molecule has 1 heterocycles. The van der Waals surface area contributed by atoms with E-state index >= 15 is 0 Å². The molecule has 7 heteroatoms. The van der Waals surface area contributed by atoms with Gasteiger partial charge in [-0.2, -0.15) is 4.31 Å². The molecule has 0 aromatic heterocycles. The van der Waals surface area contributed by atoms with Crippen LogP contribution in [0.2, 0.25) is 5.02 Å². The van der Waals surface area contributed by atoms with Crippen LogP contribution in [-0.2, 0) is 10.0 Å². The number of hydrogen-bond acceptors (Lipinski definition) is 3. The number of sulfonamides is 1. The van der Waals surface area contributed by atoms with Crippen LogP contribution >= 0.6 is 24.0 Å². The van der Waals surface area contributed by atoms with E-state index in [1.54, 1.807) is 12.1 Å².